The number of pyridine rings is 1. The second-order valence-corrected chi connectivity index (χ2v) is 7.66. The number of carbonyl (C=O) groups is 1. The predicted molar refractivity (Wildman–Crippen MR) is 98.2 cm³/mol. The number of nitrogens with zero attached hydrogens (tertiary/aromatic N) is 7. The zero-order valence-corrected chi connectivity index (χ0v) is 15.5. The maximum Gasteiger partial charge on any atom is 0.333 e. The van der Waals surface area contributed by atoms with Crippen molar-refractivity contribution in [3.8, 4) is 11.8 Å². The van der Waals surface area contributed by atoms with Gasteiger partial charge in [-0.2, -0.15) is 19.1 Å². The largest absolute Gasteiger partial charge is 0.333 e. The lowest BCUT2D eigenvalue weighted by atomic mass is 9.75. The highest BCUT2D eigenvalue weighted by Gasteiger charge is 2.61. The Balaban J connectivity index is 1.63. The molecule has 3 aromatic rings. The summed E-state index contributed by atoms with van der Waals surface area (Å²) in [5.74, 6) is 0.124. The van der Waals surface area contributed by atoms with Gasteiger partial charge in [0.05, 0.1) is 30.2 Å². The standard InChI is InChI=1S/C19H17F2N7O/c1-11-8-26(17(29)19(11,10-22)12-2-3-12)16-14-4-5-23-7-15(14)28(25-16)13-6-24-27(9-13)18(20)21/h4-7,9,11-12,18H,2-3,8H2,1H3/t11-,19+/m1/s1. The Bertz CT molecular complexity index is 1160. The fourth-order valence-electron chi connectivity index (χ4n) is 4.37. The van der Waals surface area contributed by atoms with Crippen molar-refractivity contribution >= 4 is 22.6 Å². The van der Waals surface area contributed by atoms with Crippen LogP contribution in [0.2, 0.25) is 0 Å². The van der Waals surface area contributed by atoms with Crippen LogP contribution < -0.4 is 4.90 Å². The number of fused-ring (bicyclic) bond motifs is 1. The lowest BCUT2D eigenvalue weighted by molar-refractivity contribution is -0.124. The first-order valence-electron chi connectivity index (χ1n) is 9.36. The number of amides is 1. The Hall–Kier alpha value is -3.35. The second-order valence-electron chi connectivity index (χ2n) is 7.66. The van der Waals surface area contributed by atoms with Gasteiger partial charge in [0.1, 0.15) is 11.1 Å². The molecule has 2 fully saturated rings. The van der Waals surface area contributed by atoms with Crippen LogP contribution >= 0.6 is 0 Å². The van der Waals surface area contributed by atoms with Gasteiger partial charge in [-0.1, -0.05) is 6.92 Å². The Morgan fingerprint density at radius 3 is 2.79 bits per heavy atom. The molecule has 2 aliphatic rings. The fraction of sp³-hybridized carbons (Fsp3) is 0.421. The normalized spacial score (nSPS) is 24.6. The Morgan fingerprint density at radius 2 is 2.14 bits per heavy atom. The van der Waals surface area contributed by atoms with Crippen LogP contribution in [0.5, 0.6) is 0 Å². The van der Waals surface area contributed by atoms with Gasteiger partial charge in [-0.05, 0) is 24.8 Å². The molecule has 4 heterocycles. The van der Waals surface area contributed by atoms with E-state index in [1.165, 1.54) is 17.1 Å². The molecule has 3 aromatic heterocycles. The maximum atomic E-state index is 13.4. The summed E-state index contributed by atoms with van der Waals surface area (Å²) in [6.45, 7) is -0.459. The van der Waals surface area contributed by atoms with Gasteiger partial charge in [-0.3, -0.25) is 14.7 Å². The van der Waals surface area contributed by atoms with Crippen molar-refractivity contribution in [2.45, 2.75) is 26.3 Å². The number of rotatable bonds is 4. The molecule has 29 heavy (non-hydrogen) atoms. The molecule has 0 unspecified atom stereocenters. The summed E-state index contributed by atoms with van der Waals surface area (Å²) < 4.78 is 27.9. The van der Waals surface area contributed by atoms with Gasteiger partial charge < -0.3 is 0 Å². The quantitative estimate of drug-likeness (QED) is 0.675. The van der Waals surface area contributed by atoms with E-state index in [1.54, 1.807) is 23.4 Å². The van der Waals surface area contributed by atoms with E-state index in [1.807, 2.05) is 6.92 Å². The average molecular weight is 397 g/mol. The summed E-state index contributed by atoms with van der Waals surface area (Å²) in [7, 11) is 0. The molecule has 1 aliphatic heterocycles. The van der Waals surface area contributed by atoms with E-state index in [-0.39, 0.29) is 17.7 Å². The van der Waals surface area contributed by atoms with Crippen LogP contribution in [0.15, 0.2) is 30.9 Å². The number of halogens is 2. The Labute approximate surface area is 164 Å². The van der Waals surface area contributed by atoms with Gasteiger partial charge in [0, 0.05) is 24.0 Å². The molecular formula is C19H17F2N7O. The molecule has 10 heteroatoms. The van der Waals surface area contributed by atoms with Crippen molar-refractivity contribution in [1.29, 1.82) is 5.26 Å². The molecule has 0 spiro atoms. The van der Waals surface area contributed by atoms with Gasteiger partial charge in [0.25, 0.3) is 0 Å². The van der Waals surface area contributed by atoms with E-state index in [4.69, 9.17) is 0 Å². The van der Waals surface area contributed by atoms with Crippen LogP contribution in [0.1, 0.15) is 26.3 Å². The van der Waals surface area contributed by atoms with Crippen LogP contribution in [0.4, 0.5) is 14.6 Å². The average Bonchev–Trinajstić information content (AvgIpc) is 3.22. The minimum absolute atomic E-state index is 0.0827. The second kappa shape index (κ2) is 6.07. The SMILES string of the molecule is C[C@@H]1CN(c2nn(-c3cnn(C(F)F)c3)c3cnccc23)C(=O)[C@]1(C#N)C1CC1. The van der Waals surface area contributed by atoms with Crippen LogP contribution in [0.3, 0.4) is 0 Å². The number of hydrogen-bond acceptors (Lipinski definition) is 5. The number of aromatic nitrogens is 5. The molecule has 8 nitrogen and oxygen atoms in total. The summed E-state index contributed by atoms with van der Waals surface area (Å²) in [6.07, 6.45) is 7.38. The summed E-state index contributed by atoms with van der Waals surface area (Å²) in [5, 5.41) is 18.7. The first kappa shape index (κ1) is 17.7. The highest BCUT2D eigenvalue weighted by atomic mass is 19.3. The van der Waals surface area contributed by atoms with Crippen LogP contribution in [0, 0.1) is 28.6 Å². The minimum Gasteiger partial charge on any atom is -0.293 e. The van der Waals surface area contributed by atoms with Gasteiger partial charge in [-0.25, -0.2) is 9.36 Å². The van der Waals surface area contributed by atoms with E-state index in [9.17, 15) is 18.8 Å². The summed E-state index contributed by atoms with van der Waals surface area (Å²) in [5.41, 5.74) is -0.121. The third-order valence-corrected chi connectivity index (χ3v) is 5.99. The van der Waals surface area contributed by atoms with Gasteiger partial charge in [-0.15, -0.1) is 5.10 Å². The molecule has 2 atom stereocenters. The highest BCUT2D eigenvalue weighted by molar-refractivity contribution is 6.07. The maximum absolute atomic E-state index is 13.4. The van der Waals surface area contributed by atoms with Crippen molar-refractivity contribution in [3.63, 3.8) is 0 Å². The lowest BCUT2D eigenvalue weighted by Crippen LogP contribution is -2.37. The topological polar surface area (TPSA) is 92.6 Å². The number of alkyl halides is 2. The van der Waals surface area contributed by atoms with Crippen LogP contribution in [-0.4, -0.2) is 37.0 Å². The van der Waals surface area contributed by atoms with Gasteiger partial charge >= 0.3 is 6.55 Å². The number of nitriles is 1. The molecular weight excluding hydrogens is 380 g/mol. The third kappa shape index (κ3) is 2.40. The Morgan fingerprint density at radius 1 is 1.34 bits per heavy atom. The minimum atomic E-state index is -2.76. The number of carbonyl (C=O) groups excluding carboxylic acids is 1. The molecule has 1 saturated carbocycles. The Kier molecular flexibility index (Phi) is 3.71. The summed E-state index contributed by atoms with van der Waals surface area (Å²) >= 11 is 0. The van der Waals surface area contributed by atoms with Crippen molar-refractivity contribution < 1.29 is 13.6 Å². The molecule has 0 aromatic carbocycles. The lowest BCUT2D eigenvalue weighted by Gasteiger charge is -2.22. The molecule has 1 amide bonds. The molecule has 0 bridgehead atoms. The zero-order chi connectivity index (χ0) is 20.3. The van der Waals surface area contributed by atoms with Gasteiger partial charge in [0.15, 0.2) is 5.82 Å². The van der Waals surface area contributed by atoms with Crippen LogP contribution in [0.25, 0.3) is 16.6 Å². The van der Waals surface area contributed by atoms with E-state index in [0.717, 1.165) is 12.8 Å². The first-order chi connectivity index (χ1) is 14.0. The monoisotopic (exact) mass is 397 g/mol. The third-order valence-electron chi connectivity index (χ3n) is 5.99. The van der Waals surface area contributed by atoms with E-state index in [0.29, 0.717) is 33.6 Å². The number of hydrogen-bond donors (Lipinski definition) is 0. The summed E-state index contributed by atoms with van der Waals surface area (Å²) in [4.78, 5) is 19.0. The zero-order valence-electron chi connectivity index (χ0n) is 15.5. The van der Waals surface area contributed by atoms with E-state index < -0.39 is 12.0 Å². The first-order valence-corrected chi connectivity index (χ1v) is 9.36. The molecule has 148 valence electrons. The molecule has 0 N–H and O–H groups in total. The van der Waals surface area contributed by atoms with E-state index in [2.05, 4.69) is 21.3 Å². The molecule has 1 saturated heterocycles. The van der Waals surface area contributed by atoms with Crippen molar-refractivity contribution in [2.24, 2.45) is 17.3 Å². The van der Waals surface area contributed by atoms with E-state index >= 15 is 0 Å². The highest BCUT2D eigenvalue weighted by Crippen LogP contribution is 2.54. The van der Waals surface area contributed by atoms with Crippen LogP contribution in [-0.2, 0) is 4.79 Å². The molecule has 1 aliphatic carbocycles. The smallest absolute Gasteiger partial charge is 0.293 e. The summed E-state index contributed by atoms with van der Waals surface area (Å²) in [6, 6.07) is 4.04. The van der Waals surface area contributed by atoms with Crippen molar-refractivity contribution in [3.05, 3.63) is 30.9 Å². The van der Waals surface area contributed by atoms with Crippen molar-refractivity contribution in [1.82, 2.24) is 24.5 Å². The van der Waals surface area contributed by atoms with Gasteiger partial charge in [0.2, 0.25) is 5.91 Å². The van der Waals surface area contributed by atoms with Crippen molar-refractivity contribution in [2.75, 3.05) is 11.4 Å². The molecule has 5 rings (SSSR count). The number of anilines is 1. The molecule has 0 radical (unpaired) electrons. The fourth-order valence-corrected chi connectivity index (χ4v) is 4.37. The predicted octanol–water partition coefficient (Wildman–Crippen LogP) is 2.91.